The van der Waals surface area contributed by atoms with Crippen molar-refractivity contribution in [3.63, 3.8) is 0 Å². The van der Waals surface area contributed by atoms with E-state index in [1.54, 1.807) is 39.0 Å². The van der Waals surface area contributed by atoms with Crippen LogP contribution in [-0.4, -0.2) is 35.9 Å². The van der Waals surface area contributed by atoms with Gasteiger partial charge in [0.2, 0.25) is 5.91 Å². The number of esters is 1. The third-order valence-corrected chi connectivity index (χ3v) is 5.34. The van der Waals surface area contributed by atoms with E-state index in [1.807, 2.05) is 54.6 Å². The Labute approximate surface area is 222 Å². The molecule has 0 saturated carbocycles. The summed E-state index contributed by atoms with van der Waals surface area (Å²) >= 11 is 0. The van der Waals surface area contributed by atoms with Gasteiger partial charge in [-0.2, -0.15) is 0 Å². The summed E-state index contributed by atoms with van der Waals surface area (Å²) in [5.41, 5.74) is 8.13. The number of nitrogens with one attached hydrogen (secondary N) is 4. The molecule has 0 bridgehead atoms. The Morgan fingerprint density at radius 2 is 1.61 bits per heavy atom. The highest BCUT2D eigenvalue weighted by Crippen LogP contribution is 2.26. The van der Waals surface area contributed by atoms with E-state index < -0.39 is 29.4 Å². The lowest BCUT2D eigenvalue weighted by Gasteiger charge is -2.23. The molecule has 38 heavy (non-hydrogen) atoms. The normalized spacial score (nSPS) is 11.7. The number of carbonyl (C=O) groups excluding carboxylic acids is 3. The van der Waals surface area contributed by atoms with Crippen LogP contribution in [0, 0.1) is 5.41 Å². The maximum atomic E-state index is 12.9. The molecule has 0 aromatic heterocycles. The van der Waals surface area contributed by atoms with Crippen LogP contribution in [0.1, 0.15) is 49.2 Å². The summed E-state index contributed by atoms with van der Waals surface area (Å²) in [6.45, 7) is 5.05. The average molecular weight is 516 g/mol. The number of ether oxygens (including phenoxy) is 1. The number of anilines is 1. The molecule has 0 radical (unpaired) electrons. The van der Waals surface area contributed by atoms with Crippen LogP contribution in [0.25, 0.3) is 11.1 Å². The van der Waals surface area contributed by atoms with Gasteiger partial charge in [-0.15, -0.1) is 0 Å². The Balaban J connectivity index is 1.73. The number of benzene rings is 3. The molecule has 1 atom stereocenters. The van der Waals surface area contributed by atoms with Crippen LogP contribution >= 0.6 is 0 Å². The van der Waals surface area contributed by atoms with E-state index in [-0.39, 0.29) is 18.9 Å². The van der Waals surface area contributed by atoms with Gasteiger partial charge in [0, 0.05) is 11.3 Å². The van der Waals surface area contributed by atoms with E-state index in [0.717, 1.165) is 16.7 Å². The third kappa shape index (κ3) is 8.77. The number of nitrogens with two attached hydrogens (primary N) is 1. The highest BCUT2D eigenvalue weighted by Gasteiger charge is 2.24. The lowest BCUT2D eigenvalue weighted by molar-refractivity contribution is -0.155. The van der Waals surface area contributed by atoms with E-state index in [9.17, 15) is 14.4 Å². The van der Waals surface area contributed by atoms with E-state index in [0.29, 0.717) is 11.3 Å². The van der Waals surface area contributed by atoms with Crippen LogP contribution in [0.2, 0.25) is 0 Å². The largest absolute Gasteiger partial charge is 0.460 e. The fourth-order valence-electron chi connectivity index (χ4n) is 3.77. The minimum absolute atomic E-state index is 0.0754. The van der Waals surface area contributed by atoms with Crippen LogP contribution < -0.4 is 21.7 Å². The monoisotopic (exact) mass is 515 g/mol. The van der Waals surface area contributed by atoms with E-state index in [2.05, 4.69) is 16.0 Å². The zero-order valence-corrected chi connectivity index (χ0v) is 21.7. The number of rotatable bonds is 9. The van der Waals surface area contributed by atoms with Crippen molar-refractivity contribution in [2.45, 2.75) is 38.8 Å². The molecule has 0 aliphatic rings. The molecule has 198 valence electrons. The van der Waals surface area contributed by atoms with Gasteiger partial charge in [0.1, 0.15) is 5.60 Å². The second-order valence-corrected chi connectivity index (χ2v) is 9.70. The Hall–Kier alpha value is -4.66. The quantitative estimate of drug-likeness (QED) is 0.166. The number of hydrogen-bond donors (Lipinski definition) is 5. The summed E-state index contributed by atoms with van der Waals surface area (Å²) < 4.78 is 5.49. The fraction of sp³-hybridized carbons (Fsp3) is 0.241. The molecule has 1 unspecified atom stereocenters. The van der Waals surface area contributed by atoms with Gasteiger partial charge in [0.15, 0.2) is 5.96 Å². The van der Waals surface area contributed by atoms with Crippen LogP contribution in [0.3, 0.4) is 0 Å². The van der Waals surface area contributed by atoms with E-state index in [4.69, 9.17) is 15.9 Å². The van der Waals surface area contributed by atoms with Gasteiger partial charge in [0.05, 0.1) is 19.0 Å². The molecule has 0 heterocycles. The summed E-state index contributed by atoms with van der Waals surface area (Å²) in [6, 6.07) is 23.1. The fourth-order valence-corrected chi connectivity index (χ4v) is 3.77. The summed E-state index contributed by atoms with van der Waals surface area (Å²) in [6.07, 6.45) is -0.0754. The molecular weight excluding hydrogens is 482 g/mol. The number of carbonyl (C=O) groups is 3. The Morgan fingerprint density at radius 3 is 2.29 bits per heavy atom. The number of hydrogen-bond acceptors (Lipinski definition) is 5. The van der Waals surface area contributed by atoms with Gasteiger partial charge < -0.3 is 26.4 Å². The summed E-state index contributed by atoms with van der Waals surface area (Å²) in [7, 11) is 0. The van der Waals surface area contributed by atoms with Crippen molar-refractivity contribution in [1.82, 2.24) is 10.6 Å². The molecule has 3 aromatic carbocycles. The first kappa shape index (κ1) is 27.9. The molecule has 0 aliphatic heterocycles. The van der Waals surface area contributed by atoms with E-state index in [1.165, 1.54) is 6.07 Å². The molecule has 0 saturated heterocycles. The minimum Gasteiger partial charge on any atom is -0.460 e. The van der Waals surface area contributed by atoms with Gasteiger partial charge in [-0.1, -0.05) is 54.6 Å². The predicted molar refractivity (Wildman–Crippen MR) is 148 cm³/mol. The van der Waals surface area contributed by atoms with Crippen LogP contribution in [0.5, 0.6) is 0 Å². The molecular formula is C29H33N5O4. The number of amides is 2. The summed E-state index contributed by atoms with van der Waals surface area (Å²) in [5.74, 6) is -1.64. The van der Waals surface area contributed by atoms with Gasteiger partial charge in [-0.3, -0.25) is 19.8 Å². The summed E-state index contributed by atoms with van der Waals surface area (Å²) in [4.78, 5) is 38.1. The Morgan fingerprint density at radius 1 is 0.921 bits per heavy atom. The molecule has 3 rings (SSSR count). The molecule has 0 fully saturated rings. The van der Waals surface area contributed by atoms with Crippen molar-refractivity contribution >= 4 is 29.4 Å². The first-order valence-corrected chi connectivity index (χ1v) is 12.2. The topological polar surface area (TPSA) is 146 Å². The molecule has 3 aromatic rings. The van der Waals surface area contributed by atoms with E-state index >= 15 is 0 Å². The van der Waals surface area contributed by atoms with Crippen molar-refractivity contribution in [1.29, 1.82) is 5.41 Å². The van der Waals surface area contributed by atoms with Gasteiger partial charge in [0.25, 0.3) is 5.91 Å². The lowest BCUT2D eigenvalue weighted by Crippen LogP contribution is -2.39. The van der Waals surface area contributed by atoms with Crippen LogP contribution in [-0.2, 0) is 14.3 Å². The minimum atomic E-state index is -0.669. The maximum Gasteiger partial charge on any atom is 0.308 e. The first-order chi connectivity index (χ1) is 18.0. The molecule has 6 N–H and O–H groups in total. The highest BCUT2D eigenvalue weighted by molar-refractivity contribution is 5.98. The average Bonchev–Trinajstić information content (AvgIpc) is 2.86. The predicted octanol–water partition coefficient (Wildman–Crippen LogP) is 3.98. The summed E-state index contributed by atoms with van der Waals surface area (Å²) in [5, 5.41) is 15.4. The molecule has 2 amide bonds. The smallest absolute Gasteiger partial charge is 0.308 e. The second kappa shape index (κ2) is 12.5. The zero-order chi connectivity index (χ0) is 27.7. The van der Waals surface area contributed by atoms with Crippen molar-refractivity contribution in [2.75, 3.05) is 11.9 Å². The standard InChI is InChI=1S/C29H33N5O4/c1-29(2,3)38-26(36)17-24(21-12-7-11-20(15-21)19-9-5-4-6-10-19)34-25(35)18-32-27(37)22-13-8-14-23(16-22)33-28(30)31/h4-16,24H,17-18H2,1-3H3,(H,32,37)(H,34,35)(H4,30,31,33). The Kier molecular flexibility index (Phi) is 9.21. The zero-order valence-electron chi connectivity index (χ0n) is 21.7. The van der Waals surface area contributed by atoms with Crippen molar-refractivity contribution in [3.05, 3.63) is 90.0 Å². The first-order valence-electron chi connectivity index (χ1n) is 12.2. The molecule has 9 heteroatoms. The van der Waals surface area contributed by atoms with Crippen molar-refractivity contribution in [2.24, 2.45) is 5.73 Å². The third-order valence-electron chi connectivity index (χ3n) is 5.34. The Bertz CT molecular complexity index is 1300. The van der Waals surface area contributed by atoms with Crippen molar-refractivity contribution < 1.29 is 19.1 Å². The molecule has 0 spiro atoms. The maximum absolute atomic E-state index is 12.9. The number of guanidine groups is 1. The molecule has 0 aliphatic carbocycles. The van der Waals surface area contributed by atoms with Crippen LogP contribution in [0.4, 0.5) is 5.69 Å². The lowest BCUT2D eigenvalue weighted by atomic mass is 9.97. The van der Waals surface area contributed by atoms with Crippen LogP contribution in [0.15, 0.2) is 78.9 Å². The van der Waals surface area contributed by atoms with Gasteiger partial charge in [-0.05, 0) is 61.7 Å². The second-order valence-electron chi connectivity index (χ2n) is 9.70. The van der Waals surface area contributed by atoms with Crippen molar-refractivity contribution in [3.8, 4) is 11.1 Å². The van der Waals surface area contributed by atoms with Gasteiger partial charge >= 0.3 is 5.97 Å². The van der Waals surface area contributed by atoms with Gasteiger partial charge in [-0.25, -0.2) is 0 Å². The SMILES string of the molecule is CC(C)(C)OC(=O)CC(NC(=O)CNC(=O)c1cccc(NC(=N)N)c1)c1cccc(-c2ccccc2)c1. The highest BCUT2D eigenvalue weighted by atomic mass is 16.6. The molecule has 9 nitrogen and oxygen atoms in total.